The Bertz CT molecular complexity index is 472. The van der Waals surface area contributed by atoms with E-state index in [2.05, 4.69) is 58.7 Å². The smallest absolute Gasteiger partial charge is 0 e. The molecule has 8 nitrogen and oxygen atoms in total. The van der Waals surface area contributed by atoms with Crippen molar-refractivity contribution in [1.29, 1.82) is 0 Å². The van der Waals surface area contributed by atoms with Crippen LogP contribution in [0, 0.1) is 57.7 Å². The van der Waals surface area contributed by atoms with Gasteiger partial charge in [0.1, 0.15) is 0 Å². The van der Waals surface area contributed by atoms with Gasteiger partial charge in [0.2, 0.25) is 0 Å². The molecule has 0 fully saturated rings. The van der Waals surface area contributed by atoms with Gasteiger partial charge in [0.15, 0.2) is 6.10 Å². The van der Waals surface area contributed by atoms with Crippen molar-refractivity contribution in [2.45, 2.75) is 39.2 Å². The van der Waals surface area contributed by atoms with Gasteiger partial charge in [0, 0.05) is 46.4 Å². The minimum atomic E-state index is -0.339. The molecule has 0 saturated heterocycles. The molecule has 0 aromatic heterocycles. The first kappa shape index (κ1) is 50.2. The van der Waals surface area contributed by atoms with Crippen molar-refractivity contribution in [3.63, 3.8) is 0 Å². The number of ether oxygens (including phenoxy) is 1. The predicted molar refractivity (Wildman–Crippen MR) is 79.1 cm³/mol. The summed E-state index contributed by atoms with van der Waals surface area (Å²) in [7, 11) is 0. The molecule has 0 bridgehead atoms. The fourth-order valence-electron chi connectivity index (χ4n) is 1.46. The number of allylic oxidation sites excluding steroid dienone is 1. The Hall–Kier alpha value is -1.78. The third-order valence-corrected chi connectivity index (χ3v) is 2.09. The van der Waals surface area contributed by atoms with Gasteiger partial charge < -0.3 is 4.74 Å². The van der Waals surface area contributed by atoms with Gasteiger partial charge >= 0.3 is 73.8 Å². The van der Waals surface area contributed by atoms with Crippen LogP contribution in [0.3, 0.4) is 0 Å². The van der Waals surface area contributed by atoms with Crippen molar-refractivity contribution >= 4 is 5.97 Å². The molecule has 2 radical (unpaired) electrons. The van der Waals surface area contributed by atoms with Gasteiger partial charge in [-0.25, -0.2) is 0 Å². The van der Waals surface area contributed by atoms with Gasteiger partial charge in [-0.3, -0.25) is 4.79 Å². The molecule has 0 amide bonds. The number of rotatable bonds is 3. The first-order valence-corrected chi connectivity index (χ1v) is 6.29. The number of carbonyl (C=O) groups is 1. The maximum absolute atomic E-state index is 10.7. The summed E-state index contributed by atoms with van der Waals surface area (Å²) in [5.41, 5.74) is 0. The summed E-state index contributed by atoms with van der Waals surface area (Å²) >= 11 is 0. The summed E-state index contributed by atoms with van der Waals surface area (Å²) in [6.45, 7) is 30.6. The zero-order valence-corrected chi connectivity index (χ0v) is 16.9. The van der Waals surface area contributed by atoms with E-state index in [0.29, 0.717) is 5.92 Å². The van der Waals surface area contributed by atoms with E-state index in [9.17, 15) is 4.79 Å². The maximum Gasteiger partial charge on any atom is 0 e. The summed E-state index contributed by atoms with van der Waals surface area (Å²) in [5, 5.41) is 0. The molecule has 0 N–H and O–H groups in total. The quantitative estimate of drug-likeness (QED) is 0.201. The Morgan fingerprint density at radius 3 is 1.64 bits per heavy atom. The largest absolute Gasteiger partial charge is 0 e. The van der Waals surface area contributed by atoms with Crippen LogP contribution in [-0.4, -0.2) is 12.1 Å². The minimum Gasteiger partial charge on any atom is 0 e. The second-order valence-electron chi connectivity index (χ2n) is 3.47. The average Bonchev–Trinajstić information content (AvgIpc) is 2.96. The van der Waals surface area contributed by atoms with E-state index in [1.54, 1.807) is 0 Å². The molecule has 1 aliphatic rings. The van der Waals surface area contributed by atoms with E-state index in [4.69, 9.17) is 32.6 Å². The van der Waals surface area contributed by atoms with Crippen molar-refractivity contribution in [3.05, 3.63) is 52.1 Å². The van der Waals surface area contributed by atoms with Gasteiger partial charge in [-0.2, -0.15) is 0 Å². The number of hydrogen-bond acceptors (Lipinski definition) is 2. The standard InChI is InChI=1S/C12H16O2.6CO.2Co/c1-3-5-11-6-4-7-12(9-8-11)14-10(2)13;6*1-2;;/h4,7,11-12H,3,5-6H2,1-2H3;;;;;;;;. The van der Waals surface area contributed by atoms with Crippen LogP contribution in [0.15, 0.2) is 12.2 Å². The fraction of sp³-hybridized carbons (Fsp3) is 0.389. The zero-order valence-electron chi connectivity index (χ0n) is 14.9. The number of carbonyl (C=O) groups excluding carboxylic acids is 1. The molecule has 0 heterocycles. The molecule has 1 aliphatic carbocycles. The zero-order chi connectivity index (χ0) is 22.4. The molecule has 0 spiro atoms. The SMILES string of the molecule is CCCC1C#CC(OC(C)=O)C=CC1.[C-]#[O+].[C-]#[O+].[C-]#[O+].[C-]#[O+].[C-]#[O+].[C-]#[O+].[Co].[Co]. The van der Waals surface area contributed by atoms with Crippen molar-refractivity contribution in [3.8, 4) is 11.8 Å². The third-order valence-electron chi connectivity index (χ3n) is 2.09. The van der Waals surface area contributed by atoms with Crippen LogP contribution in [0.2, 0.25) is 0 Å². The summed E-state index contributed by atoms with van der Waals surface area (Å²) in [6, 6.07) is 0. The second kappa shape index (κ2) is 63.9. The van der Waals surface area contributed by atoms with Crippen LogP contribution in [0.25, 0.3) is 0 Å². The van der Waals surface area contributed by atoms with Gasteiger partial charge in [-0.05, 0) is 18.9 Å². The van der Waals surface area contributed by atoms with E-state index in [1.165, 1.54) is 6.92 Å². The molecule has 28 heavy (non-hydrogen) atoms. The second-order valence-corrected chi connectivity index (χ2v) is 3.47. The van der Waals surface area contributed by atoms with Crippen molar-refractivity contribution < 1.29 is 71.0 Å². The Kier molecular flexibility index (Phi) is 115. The van der Waals surface area contributed by atoms with Crippen molar-refractivity contribution in [2.24, 2.45) is 5.92 Å². The molecular weight excluding hydrogens is 462 g/mol. The monoisotopic (exact) mass is 478 g/mol. The first-order chi connectivity index (χ1) is 12.7. The number of esters is 1. The van der Waals surface area contributed by atoms with E-state index in [1.807, 2.05) is 12.2 Å². The fourth-order valence-corrected chi connectivity index (χ4v) is 1.46. The summed E-state index contributed by atoms with van der Waals surface area (Å²) in [6.07, 6.45) is 6.80. The third kappa shape index (κ3) is 49.6. The topological polar surface area (TPSA) is 146 Å². The molecule has 0 aromatic carbocycles. The normalized spacial score (nSPS) is 12.8. The van der Waals surface area contributed by atoms with Crippen molar-refractivity contribution in [2.75, 3.05) is 0 Å². The summed E-state index contributed by atoms with van der Waals surface area (Å²) in [5.74, 6) is 6.27. The molecule has 2 unspecified atom stereocenters. The van der Waals surface area contributed by atoms with Crippen molar-refractivity contribution in [1.82, 2.24) is 0 Å². The van der Waals surface area contributed by atoms with Gasteiger partial charge in [0.25, 0.3) is 0 Å². The van der Waals surface area contributed by atoms with E-state index in [0.717, 1.165) is 19.3 Å². The van der Waals surface area contributed by atoms with Crippen LogP contribution in [-0.2, 0) is 71.0 Å². The Morgan fingerprint density at radius 2 is 1.32 bits per heavy atom. The Labute approximate surface area is 185 Å². The van der Waals surface area contributed by atoms with Gasteiger partial charge in [-0.1, -0.05) is 31.3 Å². The Balaban J connectivity index is -0.0000000410. The number of hydrogen-bond donors (Lipinski definition) is 0. The molecule has 1 rings (SSSR count). The molecule has 0 aliphatic heterocycles. The minimum absolute atomic E-state index is 0. The predicted octanol–water partition coefficient (Wildman–Crippen LogP) is 2.07. The molecule has 2 atom stereocenters. The first-order valence-electron chi connectivity index (χ1n) is 6.29. The van der Waals surface area contributed by atoms with E-state index in [-0.39, 0.29) is 45.6 Å². The average molecular weight is 478 g/mol. The van der Waals surface area contributed by atoms with E-state index >= 15 is 0 Å². The molecular formula is C18H16Co2O8. The molecule has 0 saturated carbocycles. The summed E-state index contributed by atoms with van der Waals surface area (Å²) in [4.78, 5) is 10.7. The molecule has 0 aromatic rings. The molecule has 154 valence electrons. The van der Waals surface area contributed by atoms with Crippen LogP contribution in [0.4, 0.5) is 0 Å². The maximum atomic E-state index is 10.7. The van der Waals surface area contributed by atoms with Gasteiger partial charge in [0.05, 0.1) is 0 Å². The van der Waals surface area contributed by atoms with Gasteiger partial charge in [-0.15, -0.1) is 0 Å². The van der Waals surface area contributed by atoms with Crippen LogP contribution in [0.1, 0.15) is 33.1 Å². The summed E-state index contributed by atoms with van der Waals surface area (Å²) < 4.78 is 50.0. The van der Waals surface area contributed by atoms with Crippen LogP contribution in [0.5, 0.6) is 0 Å². The van der Waals surface area contributed by atoms with Crippen LogP contribution < -0.4 is 0 Å². The molecule has 10 heteroatoms. The van der Waals surface area contributed by atoms with E-state index < -0.39 is 0 Å². The van der Waals surface area contributed by atoms with Crippen LogP contribution >= 0.6 is 0 Å². The Morgan fingerprint density at radius 1 is 0.929 bits per heavy atom.